The van der Waals surface area contributed by atoms with Gasteiger partial charge in [-0.1, -0.05) is 13.8 Å². The summed E-state index contributed by atoms with van der Waals surface area (Å²) >= 11 is 0. The van der Waals surface area contributed by atoms with E-state index >= 15 is 0 Å². The largest absolute Gasteiger partial charge is 0.359 e. The van der Waals surface area contributed by atoms with E-state index in [2.05, 4.69) is 10.6 Å². The molecule has 0 bridgehead atoms. The Kier molecular flexibility index (Phi) is 9.04. The zero-order valence-corrected chi connectivity index (χ0v) is 14.2. The second-order valence-electron chi connectivity index (χ2n) is 5.78. The predicted molar refractivity (Wildman–Crippen MR) is 86.4 cm³/mol. The monoisotopic (exact) mass is 334 g/mol. The van der Waals surface area contributed by atoms with Crippen molar-refractivity contribution in [2.75, 3.05) is 26.7 Å². The van der Waals surface area contributed by atoms with Gasteiger partial charge in [0.15, 0.2) is 0 Å². The number of nitrogens with zero attached hydrogens (tertiary/aromatic N) is 1. The lowest BCUT2D eigenvalue weighted by molar-refractivity contribution is -0.136. The Bertz CT molecular complexity index is 404. The quantitative estimate of drug-likeness (QED) is 0.630. The normalized spacial score (nSPS) is 19.1. The second kappa shape index (κ2) is 9.63. The van der Waals surface area contributed by atoms with Crippen molar-refractivity contribution in [1.29, 1.82) is 0 Å². The summed E-state index contributed by atoms with van der Waals surface area (Å²) in [5.41, 5.74) is 5.71. The second-order valence-corrected chi connectivity index (χ2v) is 5.78. The lowest BCUT2D eigenvalue weighted by atomic mass is 9.97. The van der Waals surface area contributed by atoms with Gasteiger partial charge < -0.3 is 21.3 Å². The molecule has 7 nitrogen and oxygen atoms in total. The van der Waals surface area contributed by atoms with Crippen LogP contribution in [0.4, 0.5) is 0 Å². The Labute approximate surface area is 137 Å². The standard InChI is InChI=1S/C14H26N4O3.ClH/c1-9(2)12(15)14(21)17-7-11(19)18-6-4-5-10(8-18)13(20)16-3;/h9-10,12H,4-8,15H2,1-3H3,(H,16,20)(H,17,21);1H/t10?,12-;/m0./s1. The molecule has 1 saturated heterocycles. The maximum absolute atomic E-state index is 12.1. The van der Waals surface area contributed by atoms with Crippen molar-refractivity contribution < 1.29 is 14.4 Å². The molecular formula is C14H27ClN4O3. The molecule has 0 aromatic heterocycles. The number of hydrogen-bond donors (Lipinski definition) is 3. The number of nitrogens with two attached hydrogens (primary N) is 1. The Morgan fingerprint density at radius 3 is 2.50 bits per heavy atom. The van der Waals surface area contributed by atoms with Crippen LogP contribution in [0.1, 0.15) is 26.7 Å². The summed E-state index contributed by atoms with van der Waals surface area (Å²) in [4.78, 5) is 37.1. The van der Waals surface area contributed by atoms with E-state index in [0.717, 1.165) is 12.8 Å². The third kappa shape index (κ3) is 5.81. The lowest BCUT2D eigenvalue weighted by Crippen LogP contribution is -2.50. The summed E-state index contributed by atoms with van der Waals surface area (Å²) in [5, 5.41) is 5.17. The molecule has 1 rings (SSSR count). The summed E-state index contributed by atoms with van der Waals surface area (Å²) in [6.45, 7) is 4.66. The molecule has 0 spiro atoms. The molecule has 1 heterocycles. The van der Waals surface area contributed by atoms with E-state index in [0.29, 0.717) is 13.1 Å². The molecule has 1 aliphatic heterocycles. The molecule has 1 unspecified atom stereocenters. The smallest absolute Gasteiger partial charge is 0.241 e. The van der Waals surface area contributed by atoms with Crippen molar-refractivity contribution in [1.82, 2.24) is 15.5 Å². The summed E-state index contributed by atoms with van der Waals surface area (Å²) < 4.78 is 0. The number of amides is 3. The van der Waals surface area contributed by atoms with Gasteiger partial charge in [-0.2, -0.15) is 0 Å². The van der Waals surface area contributed by atoms with E-state index < -0.39 is 6.04 Å². The number of carbonyl (C=O) groups is 3. The van der Waals surface area contributed by atoms with Gasteiger partial charge in [0.25, 0.3) is 0 Å². The van der Waals surface area contributed by atoms with E-state index in [1.54, 1.807) is 11.9 Å². The summed E-state index contributed by atoms with van der Waals surface area (Å²) in [6, 6.07) is -0.613. The minimum Gasteiger partial charge on any atom is -0.359 e. The minimum absolute atomic E-state index is 0. The lowest BCUT2D eigenvalue weighted by Gasteiger charge is -2.32. The van der Waals surface area contributed by atoms with E-state index in [1.165, 1.54) is 0 Å². The highest BCUT2D eigenvalue weighted by atomic mass is 35.5. The van der Waals surface area contributed by atoms with Crippen molar-refractivity contribution in [2.45, 2.75) is 32.7 Å². The van der Waals surface area contributed by atoms with E-state index in [4.69, 9.17) is 5.73 Å². The number of halogens is 1. The molecule has 2 atom stereocenters. The topological polar surface area (TPSA) is 105 Å². The number of rotatable bonds is 5. The van der Waals surface area contributed by atoms with Crippen LogP contribution in [0.15, 0.2) is 0 Å². The average molecular weight is 335 g/mol. The Balaban J connectivity index is 0.00000441. The van der Waals surface area contributed by atoms with Gasteiger partial charge >= 0.3 is 0 Å². The fraction of sp³-hybridized carbons (Fsp3) is 0.786. The van der Waals surface area contributed by atoms with Gasteiger partial charge in [0.2, 0.25) is 17.7 Å². The van der Waals surface area contributed by atoms with E-state index in [9.17, 15) is 14.4 Å². The highest BCUT2D eigenvalue weighted by molar-refractivity contribution is 5.88. The van der Waals surface area contributed by atoms with Crippen molar-refractivity contribution >= 4 is 30.1 Å². The van der Waals surface area contributed by atoms with Crippen LogP contribution in [0.5, 0.6) is 0 Å². The fourth-order valence-electron chi connectivity index (χ4n) is 2.32. The van der Waals surface area contributed by atoms with Gasteiger partial charge in [-0.05, 0) is 18.8 Å². The molecule has 0 saturated carbocycles. The van der Waals surface area contributed by atoms with Crippen LogP contribution < -0.4 is 16.4 Å². The van der Waals surface area contributed by atoms with Crippen molar-refractivity contribution in [2.24, 2.45) is 17.6 Å². The number of likely N-dealkylation sites (tertiary alicyclic amines) is 1. The number of nitrogens with one attached hydrogen (secondary N) is 2. The maximum Gasteiger partial charge on any atom is 0.241 e. The van der Waals surface area contributed by atoms with Crippen molar-refractivity contribution in [3.63, 3.8) is 0 Å². The summed E-state index contributed by atoms with van der Waals surface area (Å²) in [5.74, 6) is -0.682. The zero-order chi connectivity index (χ0) is 16.0. The molecule has 4 N–H and O–H groups in total. The molecule has 128 valence electrons. The van der Waals surface area contributed by atoms with Gasteiger partial charge in [-0.3, -0.25) is 14.4 Å². The van der Waals surface area contributed by atoms with Crippen LogP contribution in [0.3, 0.4) is 0 Å². The van der Waals surface area contributed by atoms with Crippen LogP contribution in [0, 0.1) is 11.8 Å². The third-order valence-electron chi connectivity index (χ3n) is 3.83. The molecule has 0 aromatic rings. The predicted octanol–water partition coefficient (Wildman–Crippen LogP) is -0.508. The molecule has 8 heteroatoms. The van der Waals surface area contributed by atoms with Crippen LogP contribution in [0.2, 0.25) is 0 Å². The Hall–Kier alpha value is -1.34. The van der Waals surface area contributed by atoms with Crippen LogP contribution in [-0.2, 0) is 14.4 Å². The first-order valence-corrected chi connectivity index (χ1v) is 7.39. The van der Waals surface area contributed by atoms with Gasteiger partial charge in [0.1, 0.15) is 0 Å². The first-order chi connectivity index (χ1) is 9.86. The minimum atomic E-state index is -0.613. The average Bonchev–Trinajstić information content (AvgIpc) is 2.50. The number of piperidine rings is 1. The van der Waals surface area contributed by atoms with E-state index in [1.807, 2.05) is 13.8 Å². The summed E-state index contributed by atoms with van der Waals surface area (Å²) in [7, 11) is 1.59. The zero-order valence-electron chi connectivity index (χ0n) is 13.4. The third-order valence-corrected chi connectivity index (χ3v) is 3.83. The molecule has 22 heavy (non-hydrogen) atoms. The SMILES string of the molecule is CNC(=O)C1CCCN(C(=O)CNC(=O)[C@@H](N)C(C)C)C1.Cl. The van der Waals surface area contributed by atoms with Gasteiger partial charge in [-0.15, -0.1) is 12.4 Å². The molecular weight excluding hydrogens is 308 g/mol. The number of carbonyl (C=O) groups excluding carboxylic acids is 3. The van der Waals surface area contributed by atoms with Gasteiger partial charge in [0, 0.05) is 20.1 Å². The van der Waals surface area contributed by atoms with Gasteiger partial charge in [0.05, 0.1) is 18.5 Å². The fourth-order valence-corrected chi connectivity index (χ4v) is 2.32. The van der Waals surface area contributed by atoms with Crippen LogP contribution in [0.25, 0.3) is 0 Å². The maximum atomic E-state index is 12.1. The highest BCUT2D eigenvalue weighted by Crippen LogP contribution is 2.16. The highest BCUT2D eigenvalue weighted by Gasteiger charge is 2.28. The first-order valence-electron chi connectivity index (χ1n) is 7.39. The molecule has 0 radical (unpaired) electrons. The molecule has 3 amide bonds. The summed E-state index contributed by atoms with van der Waals surface area (Å²) in [6.07, 6.45) is 1.58. The van der Waals surface area contributed by atoms with Crippen molar-refractivity contribution in [3.05, 3.63) is 0 Å². The Morgan fingerprint density at radius 2 is 1.95 bits per heavy atom. The van der Waals surface area contributed by atoms with Crippen molar-refractivity contribution in [3.8, 4) is 0 Å². The van der Waals surface area contributed by atoms with Gasteiger partial charge in [-0.25, -0.2) is 0 Å². The van der Waals surface area contributed by atoms with Crippen LogP contribution in [-0.4, -0.2) is 55.3 Å². The number of hydrogen-bond acceptors (Lipinski definition) is 4. The molecule has 1 fully saturated rings. The molecule has 0 aromatic carbocycles. The van der Waals surface area contributed by atoms with E-state index in [-0.39, 0.29) is 48.5 Å². The molecule has 0 aliphatic carbocycles. The molecule has 1 aliphatic rings. The van der Waals surface area contributed by atoms with Crippen LogP contribution >= 0.6 is 12.4 Å². The first kappa shape index (κ1) is 20.7. The Morgan fingerprint density at radius 1 is 1.32 bits per heavy atom.